The van der Waals surface area contributed by atoms with Crippen LogP contribution in [0.1, 0.15) is 17.5 Å². The van der Waals surface area contributed by atoms with Crippen molar-refractivity contribution < 1.29 is 9.21 Å². The van der Waals surface area contributed by atoms with Gasteiger partial charge in [0.1, 0.15) is 6.26 Å². The number of rotatable bonds is 6. The van der Waals surface area contributed by atoms with Gasteiger partial charge in [0.05, 0.1) is 18.7 Å². The largest absolute Gasteiger partial charge is 0.444 e. The Bertz CT molecular complexity index is 750. The third kappa shape index (κ3) is 3.87. The van der Waals surface area contributed by atoms with Crippen molar-refractivity contribution in [3.8, 4) is 11.5 Å². The topological polar surface area (TPSA) is 46.3 Å². The smallest absolute Gasteiger partial charge is 0.229 e. The maximum absolute atomic E-state index is 12.5. The minimum absolute atomic E-state index is 0.0637. The molecule has 0 saturated carbocycles. The Hall–Kier alpha value is -2.40. The molecule has 0 N–H and O–H groups in total. The van der Waals surface area contributed by atoms with Crippen LogP contribution in [0.3, 0.4) is 0 Å². The molecule has 3 aromatic rings. The lowest BCUT2D eigenvalue weighted by atomic mass is 10.2. The quantitative estimate of drug-likeness (QED) is 0.688. The molecule has 2 heterocycles. The number of benzene rings is 1. The van der Waals surface area contributed by atoms with Crippen molar-refractivity contribution in [2.24, 2.45) is 0 Å². The minimum atomic E-state index is 0.0637. The second-order valence-corrected chi connectivity index (χ2v) is 6.21. The summed E-state index contributed by atoms with van der Waals surface area (Å²) in [6.45, 7) is 3.32. The van der Waals surface area contributed by atoms with E-state index < -0.39 is 0 Å². The highest BCUT2D eigenvalue weighted by Crippen LogP contribution is 2.19. The Kier molecular flexibility index (Phi) is 4.88. The van der Waals surface area contributed by atoms with Crippen LogP contribution in [0.4, 0.5) is 0 Å². The molecule has 0 saturated heterocycles. The predicted molar refractivity (Wildman–Crippen MR) is 91.1 cm³/mol. The van der Waals surface area contributed by atoms with E-state index in [-0.39, 0.29) is 12.3 Å². The van der Waals surface area contributed by atoms with E-state index in [9.17, 15) is 4.79 Å². The van der Waals surface area contributed by atoms with E-state index in [0.29, 0.717) is 24.7 Å². The molecule has 0 aliphatic heterocycles. The first-order chi connectivity index (χ1) is 11.3. The molecule has 5 heteroatoms. The fraction of sp³-hybridized carbons (Fsp3) is 0.222. The van der Waals surface area contributed by atoms with Gasteiger partial charge in [-0.05, 0) is 30.5 Å². The number of likely N-dealkylation sites (N-methyl/N-ethyl adjacent to an activating group) is 1. The summed E-state index contributed by atoms with van der Waals surface area (Å²) in [6, 6.07) is 13.7. The molecule has 0 bridgehead atoms. The van der Waals surface area contributed by atoms with Crippen LogP contribution >= 0.6 is 11.3 Å². The summed E-state index contributed by atoms with van der Waals surface area (Å²) in [5, 5.41) is 2.03. The van der Waals surface area contributed by atoms with Gasteiger partial charge >= 0.3 is 0 Å². The van der Waals surface area contributed by atoms with Gasteiger partial charge < -0.3 is 9.32 Å². The standard InChI is InChI=1S/C18H18N2O2S/c1-2-20(12-16-9-6-10-23-16)17(21)11-15-13-22-18(19-15)14-7-4-3-5-8-14/h3-10,13H,2,11-12H2,1H3. The number of carbonyl (C=O) groups is 1. The molecule has 0 radical (unpaired) electrons. The van der Waals surface area contributed by atoms with E-state index in [1.165, 1.54) is 4.88 Å². The van der Waals surface area contributed by atoms with Gasteiger partial charge in [0.25, 0.3) is 0 Å². The van der Waals surface area contributed by atoms with E-state index in [0.717, 1.165) is 5.56 Å². The highest BCUT2D eigenvalue weighted by Gasteiger charge is 2.16. The monoisotopic (exact) mass is 326 g/mol. The van der Waals surface area contributed by atoms with Crippen LogP contribution in [0.2, 0.25) is 0 Å². The molecule has 1 amide bonds. The fourth-order valence-electron chi connectivity index (χ4n) is 2.34. The molecule has 0 fully saturated rings. The van der Waals surface area contributed by atoms with E-state index in [1.54, 1.807) is 17.6 Å². The summed E-state index contributed by atoms with van der Waals surface area (Å²) >= 11 is 1.66. The minimum Gasteiger partial charge on any atom is -0.444 e. The van der Waals surface area contributed by atoms with Crippen LogP contribution in [0.15, 0.2) is 58.5 Å². The summed E-state index contributed by atoms with van der Waals surface area (Å²) in [7, 11) is 0. The zero-order chi connectivity index (χ0) is 16.1. The van der Waals surface area contributed by atoms with Gasteiger partial charge in [-0.25, -0.2) is 4.98 Å². The number of hydrogen-bond donors (Lipinski definition) is 0. The van der Waals surface area contributed by atoms with E-state index >= 15 is 0 Å². The Morgan fingerprint density at radius 1 is 1.22 bits per heavy atom. The van der Waals surface area contributed by atoms with Crippen molar-refractivity contribution in [3.05, 3.63) is 64.7 Å². The van der Waals surface area contributed by atoms with Crippen LogP contribution in [-0.2, 0) is 17.8 Å². The number of hydrogen-bond acceptors (Lipinski definition) is 4. The molecule has 0 spiro atoms. The van der Waals surface area contributed by atoms with Gasteiger partial charge in [-0.3, -0.25) is 4.79 Å². The van der Waals surface area contributed by atoms with Gasteiger partial charge in [0.2, 0.25) is 11.8 Å². The Morgan fingerprint density at radius 3 is 2.74 bits per heavy atom. The highest BCUT2D eigenvalue weighted by molar-refractivity contribution is 7.09. The number of nitrogens with zero attached hydrogens (tertiary/aromatic N) is 2. The van der Waals surface area contributed by atoms with E-state index in [4.69, 9.17) is 4.42 Å². The molecule has 0 aliphatic carbocycles. The highest BCUT2D eigenvalue weighted by atomic mass is 32.1. The van der Waals surface area contributed by atoms with Crippen molar-refractivity contribution in [1.82, 2.24) is 9.88 Å². The van der Waals surface area contributed by atoms with E-state index in [2.05, 4.69) is 4.98 Å². The lowest BCUT2D eigenvalue weighted by molar-refractivity contribution is -0.130. The van der Waals surface area contributed by atoms with Crippen molar-refractivity contribution in [2.75, 3.05) is 6.54 Å². The second-order valence-electron chi connectivity index (χ2n) is 5.17. The maximum atomic E-state index is 12.5. The molecule has 0 unspecified atom stereocenters. The van der Waals surface area contributed by atoms with Gasteiger partial charge in [0.15, 0.2) is 0 Å². The average molecular weight is 326 g/mol. The van der Waals surface area contributed by atoms with Gasteiger partial charge in [0, 0.05) is 17.0 Å². The van der Waals surface area contributed by atoms with Crippen LogP contribution in [0.5, 0.6) is 0 Å². The predicted octanol–water partition coefficient (Wildman–Crippen LogP) is 3.99. The summed E-state index contributed by atoms with van der Waals surface area (Å²) < 4.78 is 5.49. The second kappa shape index (κ2) is 7.24. The first-order valence-electron chi connectivity index (χ1n) is 7.56. The molecule has 2 aromatic heterocycles. The lowest BCUT2D eigenvalue weighted by Gasteiger charge is -2.19. The van der Waals surface area contributed by atoms with Crippen molar-refractivity contribution in [3.63, 3.8) is 0 Å². The first-order valence-corrected chi connectivity index (χ1v) is 8.44. The number of thiophene rings is 1. The zero-order valence-corrected chi connectivity index (χ0v) is 13.8. The zero-order valence-electron chi connectivity index (χ0n) is 12.9. The van der Waals surface area contributed by atoms with Gasteiger partial charge in [-0.1, -0.05) is 24.3 Å². The molecule has 0 atom stereocenters. The van der Waals surface area contributed by atoms with Crippen LogP contribution in [-0.4, -0.2) is 22.3 Å². The third-order valence-electron chi connectivity index (χ3n) is 3.57. The van der Waals surface area contributed by atoms with Crippen LogP contribution in [0, 0.1) is 0 Å². The maximum Gasteiger partial charge on any atom is 0.229 e. The SMILES string of the molecule is CCN(Cc1cccs1)C(=O)Cc1coc(-c2ccccc2)n1. The molecule has 1 aromatic carbocycles. The number of oxazole rings is 1. The lowest BCUT2D eigenvalue weighted by Crippen LogP contribution is -2.31. The number of carbonyl (C=O) groups excluding carboxylic acids is 1. The van der Waals surface area contributed by atoms with Crippen LogP contribution in [0.25, 0.3) is 11.5 Å². The van der Waals surface area contributed by atoms with E-state index in [1.807, 2.05) is 59.7 Å². The number of amides is 1. The fourth-order valence-corrected chi connectivity index (χ4v) is 3.05. The molecule has 0 aliphatic rings. The molecule has 3 rings (SSSR count). The molecule has 4 nitrogen and oxygen atoms in total. The third-order valence-corrected chi connectivity index (χ3v) is 4.43. The summed E-state index contributed by atoms with van der Waals surface area (Å²) in [5.41, 5.74) is 1.58. The van der Waals surface area contributed by atoms with Gasteiger partial charge in [-0.2, -0.15) is 0 Å². The Morgan fingerprint density at radius 2 is 2.04 bits per heavy atom. The Labute approximate surface area is 139 Å². The average Bonchev–Trinajstić information content (AvgIpc) is 3.25. The summed E-state index contributed by atoms with van der Waals surface area (Å²) in [6.07, 6.45) is 1.83. The van der Waals surface area contributed by atoms with Crippen molar-refractivity contribution in [2.45, 2.75) is 19.9 Å². The first kappa shape index (κ1) is 15.5. The molecular formula is C18H18N2O2S. The van der Waals surface area contributed by atoms with Crippen molar-refractivity contribution >= 4 is 17.2 Å². The Balaban J connectivity index is 1.66. The van der Waals surface area contributed by atoms with Crippen molar-refractivity contribution in [1.29, 1.82) is 0 Å². The van der Waals surface area contributed by atoms with Gasteiger partial charge in [-0.15, -0.1) is 11.3 Å². The normalized spacial score (nSPS) is 10.7. The molecule has 23 heavy (non-hydrogen) atoms. The molecule has 118 valence electrons. The molecular weight excluding hydrogens is 308 g/mol. The van der Waals surface area contributed by atoms with Crippen LogP contribution < -0.4 is 0 Å². The number of aromatic nitrogens is 1. The summed E-state index contributed by atoms with van der Waals surface area (Å²) in [4.78, 5) is 19.9. The summed E-state index contributed by atoms with van der Waals surface area (Å²) in [5.74, 6) is 0.614.